The molecule has 42 heavy (non-hydrogen) atoms. The highest BCUT2D eigenvalue weighted by atomic mass is 32.2. The number of amides is 2. The van der Waals surface area contributed by atoms with Gasteiger partial charge in [-0.25, -0.2) is 23.2 Å². The number of carbonyl (C=O) groups excluding carboxylic acids is 1. The summed E-state index contributed by atoms with van der Waals surface area (Å²) < 4.78 is 34.5. The van der Waals surface area contributed by atoms with E-state index in [9.17, 15) is 23.3 Å². The zero-order valence-corrected chi connectivity index (χ0v) is 23.1. The van der Waals surface area contributed by atoms with Gasteiger partial charge in [-0.15, -0.1) is 0 Å². The van der Waals surface area contributed by atoms with Gasteiger partial charge in [-0.2, -0.15) is 0 Å². The number of hydrogen-bond acceptors (Lipinski definition) is 9. The molecule has 3 heterocycles. The molecule has 0 bridgehead atoms. The molecule has 5 rings (SSSR count). The molecule has 15 heteroatoms. The number of pyridine rings is 1. The molecule has 0 saturated carbocycles. The Morgan fingerprint density at radius 3 is 2.62 bits per heavy atom. The maximum atomic E-state index is 13.3. The van der Waals surface area contributed by atoms with E-state index in [0.29, 0.717) is 28.2 Å². The predicted molar refractivity (Wildman–Crippen MR) is 156 cm³/mol. The Kier molecular flexibility index (Phi) is 7.66. The van der Waals surface area contributed by atoms with E-state index >= 15 is 0 Å². The highest BCUT2D eigenvalue weighted by Gasteiger charge is 2.24. The Morgan fingerprint density at radius 1 is 1.10 bits per heavy atom. The second kappa shape index (κ2) is 11.5. The number of imidazole rings is 1. The number of methoxy groups -OCH3 is 1. The zero-order chi connectivity index (χ0) is 29.9. The highest BCUT2D eigenvalue weighted by molar-refractivity contribution is 7.92. The Hall–Kier alpha value is -5.57. The smallest absolute Gasteiger partial charge is 0.323 e. The molecule has 0 aliphatic rings. The number of hydrogen-bond donors (Lipinski definition) is 2. The van der Waals surface area contributed by atoms with E-state index in [4.69, 9.17) is 4.74 Å². The summed E-state index contributed by atoms with van der Waals surface area (Å²) in [7, 11) is -1.03. The second-order valence-electron chi connectivity index (χ2n) is 8.99. The lowest BCUT2D eigenvalue weighted by Crippen LogP contribution is -2.29. The monoisotopic (exact) mass is 588 g/mol. The average Bonchev–Trinajstić information content (AvgIpc) is 3.45. The molecule has 0 radical (unpaired) electrons. The van der Waals surface area contributed by atoms with Crippen molar-refractivity contribution in [1.82, 2.24) is 19.4 Å². The Labute approximate surface area is 239 Å². The minimum absolute atomic E-state index is 0.119. The lowest BCUT2D eigenvalue weighted by molar-refractivity contribution is -0.384. The third-order valence-electron chi connectivity index (χ3n) is 6.23. The van der Waals surface area contributed by atoms with Crippen LogP contribution in [-0.4, -0.2) is 52.9 Å². The lowest BCUT2D eigenvalue weighted by atomic mass is 10.1. The number of aromatic nitrogens is 4. The third-order valence-corrected chi connectivity index (χ3v) is 7.93. The van der Waals surface area contributed by atoms with Crippen LogP contribution in [0.2, 0.25) is 0 Å². The van der Waals surface area contributed by atoms with Crippen LogP contribution >= 0.6 is 0 Å². The molecule has 14 nitrogen and oxygen atoms in total. The fourth-order valence-electron chi connectivity index (χ4n) is 4.13. The Bertz CT molecular complexity index is 1900. The zero-order valence-electron chi connectivity index (χ0n) is 22.3. The number of nitro benzene ring substituents is 1. The van der Waals surface area contributed by atoms with Crippen molar-refractivity contribution < 1.29 is 22.9 Å². The van der Waals surface area contributed by atoms with Gasteiger partial charge in [-0.3, -0.25) is 19.4 Å². The summed E-state index contributed by atoms with van der Waals surface area (Å²) in [4.78, 5) is 36.2. The van der Waals surface area contributed by atoms with Crippen LogP contribution in [0.5, 0.6) is 5.75 Å². The molecule has 3 aromatic heterocycles. The first-order valence-corrected chi connectivity index (χ1v) is 14.0. The minimum atomic E-state index is -3.83. The number of nitrogens with zero attached hydrogens (tertiary/aromatic N) is 6. The lowest BCUT2D eigenvalue weighted by Gasteiger charge is -2.20. The fourth-order valence-corrected chi connectivity index (χ4v) is 5.33. The molecule has 214 valence electrons. The van der Waals surface area contributed by atoms with Crippen LogP contribution in [0.3, 0.4) is 0 Å². The molecule has 0 unspecified atom stereocenters. The molecule has 2 aromatic carbocycles. The van der Waals surface area contributed by atoms with E-state index in [1.165, 1.54) is 50.9 Å². The quantitative estimate of drug-likeness (QED) is 0.188. The van der Waals surface area contributed by atoms with Gasteiger partial charge < -0.3 is 19.8 Å². The van der Waals surface area contributed by atoms with E-state index < -0.39 is 21.0 Å². The summed E-state index contributed by atoms with van der Waals surface area (Å²) in [5.41, 5.74) is 2.22. The Balaban J connectivity index is 1.42. The number of fused-ring (bicyclic) bond motifs is 1. The molecular weight excluding hydrogens is 564 g/mol. The average molecular weight is 589 g/mol. The number of non-ortho nitro benzene ring substituents is 1. The van der Waals surface area contributed by atoms with Gasteiger partial charge in [-0.05, 0) is 35.9 Å². The van der Waals surface area contributed by atoms with Crippen molar-refractivity contribution in [3.05, 3.63) is 101 Å². The van der Waals surface area contributed by atoms with Gasteiger partial charge in [0, 0.05) is 61.4 Å². The van der Waals surface area contributed by atoms with Crippen LogP contribution in [0.15, 0.2) is 85.6 Å². The van der Waals surface area contributed by atoms with Gasteiger partial charge in [0.25, 0.3) is 5.69 Å². The molecular formula is C27H24N8O6S. The van der Waals surface area contributed by atoms with E-state index in [0.717, 1.165) is 4.31 Å². The number of nitrogens with one attached hydrogen (secondary N) is 2. The fraction of sp³-hybridized carbons (Fsp3) is 0.111. The van der Waals surface area contributed by atoms with Crippen LogP contribution in [0.1, 0.15) is 5.56 Å². The van der Waals surface area contributed by atoms with Gasteiger partial charge >= 0.3 is 6.03 Å². The molecule has 0 aliphatic carbocycles. The molecule has 0 spiro atoms. The maximum absolute atomic E-state index is 13.3. The van der Waals surface area contributed by atoms with Crippen molar-refractivity contribution >= 4 is 44.6 Å². The molecule has 0 aliphatic heterocycles. The summed E-state index contributed by atoms with van der Waals surface area (Å²) >= 11 is 0. The third kappa shape index (κ3) is 5.95. The number of ether oxygens (including phenoxy) is 1. The first-order chi connectivity index (χ1) is 20.1. The van der Waals surface area contributed by atoms with Crippen molar-refractivity contribution in [2.75, 3.05) is 29.1 Å². The number of rotatable bonds is 9. The van der Waals surface area contributed by atoms with E-state index in [1.807, 2.05) is 0 Å². The molecule has 5 aromatic rings. The van der Waals surface area contributed by atoms with Crippen LogP contribution in [0.4, 0.5) is 27.7 Å². The van der Waals surface area contributed by atoms with Crippen molar-refractivity contribution in [3.63, 3.8) is 0 Å². The highest BCUT2D eigenvalue weighted by Crippen LogP contribution is 2.30. The summed E-state index contributed by atoms with van der Waals surface area (Å²) in [5.74, 6) is 0.118. The SMILES string of the molecule is COc1ccc([N+](=O)[O-])cc1NC(=O)Nc1cccc(-c2cn3ccnc3c(N(C)S(=O)(=O)Cc3ccncc3)n2)c1. The van der Waals surface area contributed by atoms with Crippen LogP contribution < -0.4 is 19.7 Å². The largest absolute Gasteiger partial charge is 0.495 e. The first-order valence-electron chi connectivity index (χ1n) is 12.3. The molecule has 2 N–H and O–H groups in total. The molecule has 0 saturated heterocycles. The first kappa shape index (κ1) is 28.0. The van der Waals surface area contributed by atoms with Crippen molar-refractivity contribution in [3.8, 4) is 17.0 Å². The van der Waals surface area contributed by atoms with Gasteiger partial charge in [0.15, 0.2) is 11.5 Å². The van der Waals surface area contributed by atoms with Crippen LogP contribution in [-0.2, 0) is 15.8 Å². The van der Waals surface area contributed by atoms with E-state index in [-0.39, 0.29) is 28.7 Å². The predicted octanol–water partition coefficient (Wildman–Crippen LogP) is 4.32. The topological polar surface area (TPSA) is 174 Å². The van der Waals surface area contributed by atoms with Crippen LogP contribution in [0.25, 0.3) is 16.9 Å². The van der Waals surface area contributed by atoms with Gasteiger partial charge in [0.1, 0.15) is 5.75 Å². The summed E-state index contributed by atoms with van der Waals surface area (Å²) in [6.45, 7) is 0. The van der Waals surface area contributed by atoms with Gasteiger partial charge in [-0.1, -0.05) is 12.1 Å². The standard InChI is InChI=1S/C27H24N8O6S/c1-33(42(39,40)17-18-8-10-28-11-9-18)26-25-29-12-13-34(25)16-23(31-26)19-4-3-5-20(14-19)30-27(36)32-22-15-21(35(37)38)6-7-24(22)41-2/h3-16H,17H2,1-2H3,(H2,30,32,36). The van der Waals surface area contributed by atoms with E-state index in [1.54, 1.807) is 53.2 Å². The number of benzene rings is 2. The van der Waals surface area contributed by atoms with Crippen LogP contribution in [0, 0.1) is 10.1 Å². The van der Waals surface area contributed by atoms with Gasteiger partial charge in [0.05, 0.1) is 29.2 Å². The van der Waals surface area contributed by atoms with Gasteiger partial charge in [0.2, 0.25) is 10.0 Å². The molecule has 0 fully saturated rings. The molecule has 0 atom stereocenters. The van der Waals surface area contributed by atoms with Crippen molar-refractivity contribution in [2.24, 2.45) is 0 Å². The van der Waals surface area contributed by atoms with Crippen molar-refractivity contribution in [2.45, 2.75) is 5.75 Å². The number of nitro groups is 1. The van der Waals surface area contributed by atoms with Crippen molar-refractivity contribution in [1.29, 1.82) is 0 Å². The maximum Gasteiger partial charge on any atom is 0.323 e. The number of anilines is 3. The number of sulfonamides is 1. The summed E-state index contributed by atoms with van der Waals surface area (Å²) in [6, 6.07) is 13.2. The summed E-state index contributed by atoms with van der Waals surface area (Å²) in [5, 5.41) is 16.4. The van der Waals surface area contributed by atoms with E-state index in [2.05, 4.69) is 25.6 Å². The number of urea groups is 1. The second-order valence-corrected chi connectivity index (χ2v) is 11.0. The minimum Gasteiger partial charge on any atom is -0.495 e. The number of carbonyl (C=O) groups is 1. The Morgan fingerprint density at radius 2 is 1.88 bits per heavy atom. The summed E-state index contributed by atoms with van der Waals surface area (Å²) in [6.07, 6.45) is 7.96. The molecule has 2 amide bonds. The normalized spacial score (nSPS) is 11.2.